The SMILES string of the molecule is CCCSc1ccc(Br)cc1N. The van der Waals surface area contributed by atoms with E-state index in [2.05, 4.69) is 28.9 Å². The maximum Gasteiger partial charge on any atom is 0.0463 e. The Morgan fingerprint density at radius 3 is 2.83 bits per heavy atom. The fourth-order valence-corrected chi connectivity index (χ4v) is 2.06. The number of rotatable bonds is 3. The average Bonchev–Trinajstić information content (AvgIpc) is 2.03. The van der Waals surface area contributed by atoms with Crippen molar-refractivity contribution in [3.63, 3.8) is 0 Å². The number of benzene rings is 1. The number of hydrogen-bond donors (Lipinski definition) is 1. The second-order valence-electron chi connectivity index (χ2n) is 2.53. The number of thioether (sulfide) groups is 1. The summed E-state index contributed by atoms with van der Waals surface area (Å²) in [5.74, 6) is 1.13. The van der Waals surface area contributed by atoms with Gasteiger partial charge in [-0.15, -0.1) is 11.8 Å². The van der Waals surface area contributed by atoms with Gasteiger partial charge in [0.15, 0.2) is 0 Å². The van der Waals surface area contributed by atoms with E-state index in [0.717, 1.165) is 15.9 Å². The third kappa shape index (κ3) is 2.72. The Labute approximate surface area is 85.9 Å². The molecule has 0 atom stereocenters. The van der Waals surface area contributed by atoms with E-state index in [-0.39, 0.29) is 0 Å². The van der Waals surface area contributed by atoms with Gasteiger partial charge >= 0.3 is 0 Å². The standard InChI is InChI=1S/C9H12BrNS/c1-2-5-12-9-4-3-7(10)6-8(9)11/h3-4,6H,2,5,11H2,1H3. The first-order valence-corrected chi connectivity index (χ1v) is 5.69. The first kappa shape index (κ1) is 9.93. The van der Waals surface area contributed by atoms with Gasteiger partial charge in [-0.05, 0) is 30.4 Å². The van der Waals surface area contributed by atoms with Gasteiger partial charge in [0.2, 0.25) is 0 Å². The van der Waals surface area contributed by atoms with E-state index in [1.165, 1.54) is 11.3 Å². The minimum absolute atomic E-state index is 0.864. The zero-order chi connectivity index (χ0) is 8.97. The number of nitrogens with two attached hydrogens (primary N) is 1. The molecule has 0 saturated heterocycles. The van der Waals surface area contributed by atoms with Crippen molar-refractivity contribution in [2.75, 3.05) is 11.5 Å². The summed E-state index contributed by atoms with van der Waals surface area (Å²) >= 11 is 5.19. The predicted octanol–water partition coefficient (Wildman–Crippen LogP) is 3.53. The number of nitrogen functional groups attached to an aromatic ring is 1. The highest BCUT2D eigenvalue weighted by Crippen LogP contribution is 2.27. The van der Waals surface area contributed by atoms with Crippen LogP contribution in [-0.2, 0) is 0 Å². The van der Waals surface area contributed by atoms with E-state index in [0.29, 0.717) is 0 Å². The van der Waals surface area contributed by atoms with Crippen LogP contribution in [0.1, 0.15) is 13.3 Å². The minimum Gasteiger partial charge on any atom is -0.398 e. The largest absolute Gasteiger partial charge is 0.398 e. The van der Waals surface area contributed by atoms with Gasteiger partial charge in [0.25, 0.3) is 0 Å². The van der Waals surface area contributed by atoms with Crippen molar-refractivity contribution in [2.45, 2.75) is 18.2 Å². The quantitative estimate of drug-likeness (QED) is 0.652. The molecule has 2 N–H and O–H groups in total. The normalized spacial score (nSPS) is 10.2. The van der Waals surface area contributed by atoms with E-state index in [9.17, 15) is 0 Å². The summed E-state index contributed by atoms with van der Waals surface area (Å²) in [6.07, 6.45) is 1.18. The van der Waals surface area contributed by atoms with Gasteiger partial charge in [-0.3, -0.25) is 0 Å². The highest BCUT2D eigenvalue weighted by atomic mass is 79.9. The van der Waals surface area contributed by atoms with Crippen LogP contribution >= 0.6 is 27.7 Å². The molecule has 1 aromatic rings. The van der Waals surface area contributed by atoms with Crippen LogP contribution in [0, 0.1) is 0 Å². The van der Waals surface area contributed by atoms with Crippen LogP contribution in [0.4, 0.5) is 5.69 Å². The molecule has 0 heterocycles. The molecule has 0 aromatic heterocycles. The molecule has 0 aliphatic carbocycles. The Balaban J connectivity index is 2.72. The molecule has 66 valence electrons. The van der Waals surface area contributed by atoms with Crippen molar-refractivity contribution in [3.8, 4) is 0 Å². The maximum atomic E-state index is 5.81. The lowest BCUT2D eigenvalue weighted by Gasteiger charge is -2.03. The summed E-state index contributed by atoms with van der Waals surface area (Å²) in [4.78, 5) is 1.18. The van der Waals surface area contributed by atoms with Gasteiger partial charge in [0, 0.05) is 15.1 Å². The third-order valence-electron chi connectivity index (χ3n) is 1.43. The third-order valence-corrected chi connectivity index (χ3v) is 3.22. The molecule has 0 spiro atoms. The van der Waals surface area contributed by atoms with Crippen LogP contribution in [0.25, 0.3) is 0 Å². The lowest BCUT2D eigenvalue weighted by atomic mass is 10.3. The lowest BCUT2D eigenvalue weighted by molar-refractivity contribution is 1.10. The Kier molecular flexibility index (Phi) is 3.95. The summed E-state index contributed by atoms with van der Waals surface area (Å²) in [7, 11) is 0. The summed E-state index contributed by atoms with van der Waals surface area (Å²) in [5.41, 5.74) is 6.68. The fourth-order valence-electron chi connectivity index (χ4n) is 0.863. The van der Waals surface area contributed by atoms with E-state index in [1.807, 2.05) is 23.9 Å². The molecule has 0 unspecified atom stereocenters. The Hall–Kier alpha value is -0.150. The molecular formula is C9H12BrNS. The van der Waals surface area contributed by atoms with Gasteiger partial charge in [0.05, 0.1) is 0 Å². The fraction of sp³-hybridized carbons (Fsp3) is 0.333. The minimum atomic E-state index is 0.864. The van der Waals surface area contributed by atoms with Crippen LogP contribution in [-0.4, -0.2) is 5.75 Å². The van der Waals surface area contributed by atoms with Gasteiger partial charge in [-0.25, -0.2) is 0 Å². The topological polar surface area (TPSA) is 26.0 Å². The highest BCUT2D eigenvalue weighted by molar-refractivity contribution is 9.10. The van der Waals surface area contributed by atoms with E-state index < -0.39 is 0 Å². The van der Waals surface area contributed by atoms with Crippen LogP contribution in [0.5, 0.6) is 0 Å². The molecule has 1 aromatic carbocycles. The molecule has 0 bridgehead atoms. The monoisotopic (exact) mass is 245 g/mol. The Bertz CT molecular complexity index is 263. The highest BCUT2D eigenvalue weighted by Gasteiger charge is 1.98. The maximum absolute atomic E-state index is 5.81. The van der Waals surface area contributed by atoms with Crippen LogP contribution < -0.4 is 5.73 Å². The summed E-state index contributed by atoms with van der Waals surface area (Å²) in [5, 5.41) is 0. The molecular weight excluding hydrogens is 234 g/mol. The Morgan fingerprint density at radius 2 is 2.25 bits per heavy atom. The summed E-state index contributed by atoms with van der Waals surface area (Å²) in [6.45, 7) is 2.17. The lowest BCUT2D eigenvalue weighted by Crippen LogP contribution is -1.88. The van der Waals surface area contributed by atoms with Crippen LogP contribution in [0.3, 0.4) is 0 Å². The summed E-state index contributed by atoms with van der Waals surface area (Å²) in [6, 6.07) is 6.02. The Morgan fingerprint density at radius 1 is 1.50 bits per heavy atom. The first-order chi connectivity index (χ1) is 5.74. The molecule has 0 fully saturated rings. The molecule has 0 saturated carbocycles. The van der Waals surface area contributed by atoms with Crippen molar-refractivity contribution in [3.05, 3.63) is 22.7 Å². The molecule has 3 heteroatoms. The average molecular weight is 246 g/mol. The zero-order valence-electron chi connectivity index (χ0n) is 7.01. The molecule has 1 rings (SSSR count). The van der Waals surface area contributed by atoms with Gasteiger partial charge in [0.1, 0.15) is 0 Å². The van der Waals surface area contributed by atoms with Crippen molar-refractivity contribution in [2.24, 2.45) is 0 Å². The number of hydrogen-bond acceptors (Lipinski definition) is 2. The van der Waals surface area contributed by atoms with Gasteiger partial charge < -0.3 is 5.73 Å². The van der Waals surface area contributed by atoms with Crippen LogP contribution in [0.15, 0.2) is 27.6 Å². The van der Waals surface area contributed by atoms with Crippen molar-refractivity contribution in [1.29, 1.82) is 0 Å². The van der Waals surface area contributed by atoms with Crippen LogP contribution in [0.2, 0.25) is 0 Å². The predicted molar refractivity (Wildman–Crippen MR) is 59.6 cm³/mol. The van der Waals surface area contributed by atoms with E-state index in [4.69, 9.17) is 5.73 Å². The van der Waals surface area contributed by atoms with E-state index in [1.54, 1.807) is 0 Å². The molecule has 12 heavy (non-hydrogen) atoms. The second-order valence-corrected chi connectivity index (χ2v) is 4.58. The van der Waals surface area contributed by atoms with Crippen molar-refractivity contribution < 1.29 is 0 Å². The number of halogens is 1. The van der Waals surface area contributed by atoms with E-state index >= 15 is 0 Å². The van der Waals surface area contributed by atoms with Crippen molar-refractivity contribution >= 4 is 33.4 Å². The smallest absolute Gasteiger partial charge is 0.0463 e. The molecule has 1 nitrogen and oxygen atoms in total. The van der Waals surface area contributed by atoms with Gasteiger partial charge in [-0.2, -0.15) is 0 Å². The second kappa shape index (κ2) is 4.77. The zero-order valence-corrected chi connectivity index (χ0v) is 9.41. The molecule has 0 aliphatic heterocycles. The molecule has 0 radical (unpaired) electrons. The summed E-state index contributed by atoms with van der Waals surface area (Å²) < 4.78 is 1.04. The first-order valence-electron chi connectivity index (χ1n) is 3.92. The molecule has 0 amide bonds. The molecule has 0 aliphatic rings. The van der Waals surface area contributed by atoms with Gasteiger partial charge in [-0.1, -0.05) is 22.9 Å². The van der Waals surface area contributed by atoms with Crippen molar-refractivity contribution in [1.82, 2.24) is 0 Å². The number of anilines is 1.